The topological polar surface area (TPSA) is 65.6 Å². The third-order valence-corrected chi connectivity index (χ3v) is 9.17. The van der Waals surface area contributed by atoms with Gasteiger partial charge in [-0.2, -0.15) is 0 Å². The van der Waals surface area contributed by atoms with Gasteiger partial charge in [0.05, 0.1) is 6.04 Å². The Labute approximate surface area is 257 Å². The molecule has 1 heterocycles. The Kier molecular flexibility index (Phi) is 9.31. The van der Waals surface area contributed by atoms with Gasteiger partial charge in [0.15, 0.2) is 0 Å². The van der Waals surface area contributed by atoms with E-state index in [0.717, 1.165) is 36.5 Å². The summed E-state index contributed by atoms with van der Waals surface area (Å²) in [5.74, 6) is -0.658. The molecule has 0 aromatic heterocycles. The SMILES string of the molecule is O=C(NC1CCN(C(c2ccc(NC3CCCC3)cc2)c2ccc(NC3CCCC3)cc2)C1)c1ccc(OC(F)(F)F)cc1. The van der Waals surface area contributed by atoms with E-state index in [9.17, 15) is 18.0 Å². The summed E-state index contributed by atoms with van der Waals surface area (Å²) >= 11 is 0. The molecule has 1 amide bonds. The summed E-state index contributed by atoms with van der Waals surface area (Å²) in [7, 11) is 0. The smallest absolute Gasteiger partial charge is 0.406 e. The van der Waals surface area contributed by atoms with Crippen LogP contribution in [0.25, 0.3) is 0 Å². The summed E-state index contributed by atoms with van der Waals surface area (Å²) in [6, 6.07) is 23.6. The predicted octanol–water partition coefficient (Wildman–Crippen LogP) is 7.89. The van der Waals surface area contributed by atoms with Crippen LogP contribution in [0.5, 0.6) is 5.75 Å². The van der Waals surface area contributed by atoms with E-state index in [1.807, 2.05) is 0 Å². The van der Waals surface area contributed by atoms with E-state index in [1.54, 1.807) is 0 Å². The summed E-state index contributed by atoms with van der Waals surface area (Å²) in [6.07, 6.45) is 6.03. The van der Waals surface area contributed by atoms with Crippen LogP contribution in [0.2, 0.25) is 0 Å². The van der Waals surface area contributed by atoms with Gasteiger partial charge in [-0.15, -0.1) is 13.2 Å². The van der Waals surface area contributed by atoms with Gasteiger partial charge < -0.3 is 20.7 Å². The van der Waals surface area contributed by atoms with Crippen LogP contribution in [0, 0.1) is 0 Å². The maximum atomic E-state index is 13.0. The van der Waals surface area contributed by atoms with Crippen molar-refractivity contribution >= 4 is 17.3 Å². The number of hydrogen-bond donors (Lipinski definition) is 3. The van der Waals surface area contributed by atoms with E-state index in [-0.39, 0.29) is 23.7 Å². The van der Waals surface area contributed by atoms with Crippen LogP contribution in [0.15, 0.2) is 72.8 Å². The van der Waals surface area contributed by atoms with Crippen molar-refractivity contribution in [2.75, 3.05) is 23.7 Å². The number of rotatable bonds is 10. The lowest BCUT2D eigenvalue weighted by molar-refractivity contribution is -0.274. The lowest BCUT2D eigenvalue weighted by atomic mass is 9.96. The Hall–Kier alpha value is -3.72. The lowest BCUT2D eigenvalue weighted by Gasteiger charge is -2.29. The zero-order valence-electron chi connectivity index (χ0n) is 24.9. The fraction of sp³-hybridized carbons (Fsp3) is 0.457. The molecule has 1 atom stereocenters. The predicted molar refractivity (Wildman–Crippen MR) is 167 cm³/mol. The van der Waals surface area contributed by atoms with Crippen LogP contribution < -0.4 is 20.7 Å². The third-order valence-electron chi connectivity index (χ3n) is 9.17. The number of ether oxygens (including phenoxy) is 1. The number of alkyl halides is 3. The summed E-state index contributed by atoms with van der Waals surface area (Å²) < 4.78 is 41.5. The first kappa shape index (κ1) is 30.3. The average Bonchev–Trinajstić information content (AvgIpc) is 3.79. The number of carbonyl (C=O) groups excluding carboxylic acids is 1. The first-order valence-corrected chi connectivity index (χ1v) is 15.9. The van der Waals surface area contributed by atoms with Crippen LogP contribution in [-0.2, 0) is 0 Å². The highest BCUT2D eigenvalue weighted by Gasteiger charge is 2.33. The molecule has 2 aliphatic carbocycles. The first-order chi connectivity index (χ1) is 21.3. The molecule has 44 heavy (non-hydrogen) atoms. The number of benzene rings is 3. The number of nitrogens with zero attached hydrogens (tertiary/aromatic N) is 1. The molecule has 1 saturated heterocycles. The van der Waals surface area contributed by atoms with Gasteiger partial charge in [-0.3, -0.25) is 9.69 Å². The monoisotopic (exact) mass is 606 g/mol. The minimum Gasteiger partial charge on any atom is -0.406 e. The molecule has 1 unspecified atom stereocenters. The molecule has 3 aromatic rings. The molecule has 3 fully saturated rings. The Morgan fingerprint density at radius 2 is 1.20 bits per heavy atom. The van der Waals surface area contributed by atoms with Crippen molar-refractivity contribution in [1.29, 1.82) is 0 Å². The summed E-state index contributed by atoms with van der Waals surface area (Å²) in [5.41, 5.74) is 4.99. The molecule has 0 bridgehead atoms. The van der Waals surface area contributed by atoms with Crippen LogP contribution in [-0.4, -0.2) is 48.4 Å². The maximum absolute atomic E-state index is 13.0. The van der Waals surface area contributed by atoms with E-state index in [1.165, 1.54) is 74.6 Å². The highest BCUT2D eigenvalue weighted by atomic mass is 19.4. The van der Waals surface area contributed by atoms with Crippen LogP contribution in [0.4, 0.5) is 24.5 Å². The minimum absolute atomic E-state index is 0.0248. The molecule has 1 aliphatic heterocycles. The lowest BCUT2D eigenvalue weighted by Crippen LogP contribution is -2.38. The highest BCUT2D eigenvalue weighted by molar-refractivity contribution is 5.94. The van der Waals surface area contributed by atoms with Crippen molar-refractivity contribution in [2.45, 2.75) is 88.3 Å². The fourth-order valence-corrected chi connectivity index (χ4v) is 6.97. The van der Waals surface area contributed by atoms with Gasteiger partial charge in [0.1, 0.15) is 5.75 Å². The molecule has 3 aromatic carbocycles. The number of anilines is 2. The number of halogens is 3. The molecule has 2 saturated carbocycles. The standard InChI is InChI=1S/C35H41F3N4O2/c36-35(37,38)44-32-19-13-26(14-20-32)34(43)41-31-21-22-42(23-31)33(24-9-15-29(16-10-24)39-27-5-1-2-6-27)25-11-17-30(18-12-25)40-28-7-3-4-8-28/h9-20,27-28,31,33,39-40H,1-8,21-23H2,(H,41,43). The molecular weight excluding hydrogens is 565 g/mol. The minimum atomic E-state index is -4.77. The molecule has 6 nitrogen and oxygen atoms in total. The molecule has 0 radical (unpaired) electrons. The number of hydrogen-bond acceptors (Lipinski definition) is 5. The molecule has 234 valence electrons. The Balaban J connectivity index is 1.15. The summed E-state index contributed by atoms with van der Waals surface area (Å²) in [5, 5.41) is 10.5. The Morgan fingerprint density at radius 3 is 1.68 bits per heavy atom. The zero-order chi connectivity index (χ0) is 30.5. The van der Waals surface area contributed by atoms with Gasteiger partial charge in [0.2, 0.25) is 0 Å². The summed E-state index contributed by atoms with van der Waals surface area (Å²) in [4.78, 5) is 15.4. The molecule has 0 spiro atoms. The molecule has 3 N–H and O–H groups in total. The van der Waals surface area contributed by atoms with Gasteiger partial charge in [-0.05, 0) is 91.8 Å². The summed E-state index contributed by atoms with van der Waals surface area (Å²) in [6.45, 7) is 1.47. The largest absolute Gasteiger partial charge is 0.573 e. The van der Waals surface area contributed by atoms with E-state index < -0.39 is 6.36 Å². The normalized spacial score (nSPS) is 19.9. The van der Waals surface area contributed by atoms with Crippen molar-refractivity contribution < 1.29 is 22.7 Å². The second-order valence-corrected chi connectivity index (χ2v) is 12.4. The third kappa shape index (κ3) is 7.86. The van der Waals surface area contributed by atoms with E-state index >= 15 is 0 Å². The van der Waals surface area contributed by atoms with Crippen molar-refractivity contribution in [3.8, 4) is 5.75 Å². The average molecular weight is 607 g/mol. The van der Waals surface area contributed by atoms with Crippen molar-refractivity contribution in [1.82, 2.24) is 10.2 Å². The van der Waals surface area contributed by atoms with Crippen molar-refractivity contribution in [3.63, 3.8) is 0 Å². The molecule has 3 aliphatic rings. The Bertz CT molecular complexity index is 1310. The second-order valence-electron chi connectivity index (χ2n) is 12.4. The molecule has 9 heteroatoms. The van der Waals surface area contributed by atoms with Gasteiger partial charge in [0, 0.05) is 48.2 Å². The van der Waals surface area contributed by atoms with Crippen molar-refractivity contribution in [3.05, 3.63) is 89.5 Å². The molecular formula is C35H41F3N4O2. The van der Waals surface area contributed by atoms with Gasteiger partial charge in [-0.1, -0.05) is 49.9 Å². The Morgan fingerprint density at radius 1 is 0.705 bits per heavy atom. The van der Waals surface area contributed by atoms with Crippen molar-refractivity contribution in [2.24, 2.45) is 0 Å². The number of nitrogens with one attached hydrogen (secondary N) is 3. The first-order valence-electron chi connectivity index (χ1n) is 15.9. The van der Waals surface area contributed by atoms with E-state index in [4.69, 9.17) is 0 Å². The fourth-order valence-electron chi connectivity index (χ4n) is 6.97. The number of carbonyl (C=O) groups is 1. The highest BCUT2D eigenvalue weighted by Crippen LogP contribution is 2.34. The number of amides is 1. The van der Waals surface area contributed by atoms with Crippen LogP contribution in [0.1, 0.15) is 85.3 Å². The van der Waals surface area contributed by atoms with Gasteiger partial charge >= 0.3 is 6.36 Å². The second kappa shape index (κ2) is 13.5. The van der Waals surface area contributed by atoms with Gasteiger partial charge in [-0.25, -0.2) is 0 Å². The molecule has 6 rings (SSSR count). The van der Waals surface area contributed by atoms with Gasteiger partial charge in [0.25, 0.3) is 5.91 Å². The van der Waals surface area contributed by atoms with E-state index in [2.05, 4.69) is 74.1 Å². The quantitative estimate of drug-likeness (QED) is 0.219. The van der Waals surface area contributed by atoms with Crippen LogP contribution in [0.3, 0.4) is 0 Å². The number of likely N-dealkylation sites (tertiary alicyclic amines) is 1. The zero-order valence-corrected chi connectivity index (χ0v) is 24.9. The van der Waals surface area contributed by atoms with E-state index in [0.29, 0.717) is 24.2 Å². The maximum Gasteiger partial charge on any atom is 0.573 e. The van der Waals surface area contributed by atoms with Crippen LogP contribution >= 0.6 is 0 Å².